The molecule has 0 rings (SSSR count). The van der Waals surface area contributed by atoms with E-state index in [0.717, 1.165) is 0 Å². The molecule has 0 heterocycles. The molecule has 0 saturated heterocycles. The van der Waals surface area contributed by atoms with Crippen LogP contribution in [0.3, 0.4) is 0 Å². The predicted molar refractivity (Wildman–Crippen MR) is 57.5 cm³/mol. The second kappa shape index (κ2) is 6.09. The van der Waals surface area contributed by atoms with Gasteiger partial charge in [0.15, 0.2) is 6.10 Å². The van der Waals surface area contributed by atoms with E-state index in [-0.39, 0.29) is 0 Å². The van der Waals surface area contributed by atoms with Gasteiger partial charge in [0.1, 0.15) is 5.60 Å². The predicted octanol–water partition coefficient (Wildman–Crippen LogP) is 1.28. The third-order valence-electron chi connectivity index (χ3n) is 1.79. The summed E-state index contributed by atoms with van der Waals surface area (Å²) < 4.78 is 41.4. The molecule has 0 aromatic heterocycles. The first-order valence-electron chi connectivity index (χ1n) is 5.29. The minimum Gasteiger partial charge on any atom is -0.479 e. The van der Waals surface area contributed by atoms with Crippen LogP contribution in [0.15, 0.2) is 0 Å². The van der Waals surface area contributed by atoms with Gasteiger partial charge in [-0.2, -0.15) is 13.2 Å². The number of aliphatic carboxylic acids is 1. The van der Waals surface area contributed by atoms with Crippen molar-refractivity contribution in [3.05, 3.63) is 0 Å². The van der Waals surface area contributed by atoms with Gasteiger partial charge in [-0.1, -0.05) is 0 Å². The number of carboxylic acid groups (broad SMARTS) is 1. The highest BCUT2D eigenvalue weighted by molar-refractivity contribution is 5.75. The summed E-state index contributed by atoms with van der Waals surface area (Å²) in [6.07, 6.45) is -10.0. The molecule has 2 atom stereocenters. The third-order valence-corrected chi connectivity index (χ3v) is 1.79. The minimum absolute atomic E-state index is 0.957. The molecule has 2 unspecified atom stereocenters. The number of rotatable bonds is 4. The first-order valence-corrected chi connectivity index (χ1v) is 5.29. The third kappa shape index (κ3) is 8.25. The van der Waals surface area contributed by atoms with Gasteiger partial charge < -0.3 is 20.3 Å². The lowest BCUT2D eigenvalue weighted by Crippen LogP contribution is -2.50. The van der Waals surface area contributed by atoms with Gasteiger partial charge in [-0.05, 0) is 20.8 Å². The van der Waals surface area contributed by atoms with Gasteiger partial charge in [0, 0.05) is 0 Å². The number of ether oxygens (including phenoxy) is 1. The SMILES string of the molecule is CC(C)(C)OC(=O)NC(CC(F)(F)F)C(O)C(=O)O. The van der Waals surface area contributed by atoms with E-state index in [1.807, 2.05) is 0 Å². The molecule has 112 valence electrons. The van der Waals surface area contributed by atoms with Gasteiger partial charge in [-0.25, -0.2) is 9.59 Å². The van der Waals surface area contributed by atoms with E-state index < -0.39 is 42.4 Å². The number of carbonyl (C=O) groups is 2. The summed E-state index contributed by atoms with van der Waals surface area (Å²) in [5, 5.41) is 19.3. The molecule has 0 fully saturated rings. The lowest BCUT2D eigenvalue weighted by atomic mass is 10.1. The number of carbonyl (C=O) groups excluding carboxylic acids is 1. The maximum Gasteiger partial charge on any atom is 0.407 e. The number of carboxylic acids is 1. The van der Waals surface area contributed by atoms with Crippen molar-refractivity contribution in [1.82, 2.24) is 5.32 Å². The molecule has 1 amide bonds. The van der Waals surface area contributed by atoms with Crippen LogP contribution < -0.4 is 5.32 Å². The van der Waals surface area contributed by atoms with Gasteiger partial charge >= 0.3 is 18.2 Å². The summed E-state index contributed by atoms with van der Waals surface area (Å²) in [5.41, 5.74) is -0.957. The van der Waals surface area contributed by atoms with Crippen molar-refractivity contribution in [2.75, 3.05) is 0 Å². The smallest absolute Gasteiger partial charge is 0.407 e. The quantitative estimate of drug-likeness (QED) is 0.724. The highest BCUT2D eigenvalue weighted by Gasteiger charge is 2.39. The van der Waals surface area contributed by atoms with E-state index >= 15 is 0 Å². The highest BCUT2D eigenvalue weighted by Crippen LogP contribution is 2.23. The number of hydrogen-bond acceptors (Lipinski definition) is 4. The summed E-state index contributed by atoms with van der Waals surface area (Å²) in [4.78, 5) is 21.8. The second-order valence-electron chi connectivity index (χ2n) is 4.86. The molecular formula is C10H16F3NO5. The molecule has 0 bridgehead atoms. The number of alkyl halides is 3. The molecule has 0 aromatic carbocycles. The average molecular weight is 287 g/mol. The molecule has 6 nitrogen and oxygen atoms in total. The Balaban J connectivity index is 4.77. The molecule has 3 N–H and O–H groups in total. The molecule has 0 aliphatic carbocycles. The highest BCUT2D eigenvalue weighted by atomic mass is 19.4. The van der Waals surface area contributed by atoms with Gasteiger partial charge in [0.05, 0.1) is 12.5 Å². The fourth-order valence-electron chi connectivity index (χ4n) is 1.12. The van der Waals surface area contributed by atoms with Crippen molar-refractivity contribution in [3.8, 4) is 0 Å². The van der Waals surface area contributed by atoms with E-state index in [0.29, 0.717) is 0 Å². The molecule has 0 aliphatic heterocycles. The van der Waals surface area contributed by atoms with Crippen molar-refractivity contribution in [3.63, 3.8) is 0 Å². The molecule has 0 spiro atoms. The lowest BCUT2D eigenvalue weighted by molar-refractivity contribution is -0.159. The number of nitrogens with one attached hydrogen (secondary N) is 1. The van der Waals surface area contributed by atoms with Gasteiger partial charge in [-0.3, -0.25) is 0 Å². The zero-order chi connectivity index (χ0) is 15.4. The fraction of sp³-hybridized carbons (Fsp3) is 0.800. The molecule has 0 aliphatic rings. The van der Waals surface area contributed by atoms with Crippen molar-refractivity contribution in [1.29, 1.82) is 0 Å². The summed E-state index contributed by atoms with van der Waals surface area (Å²) in [6, 6.07) is -2.02. The van der Waals surface area contributed by atoms with Crippen molar-refractivity contribution in [2.45, 2.75) is 51.1 Å². The summed E-state index contributed by atoms with van der Waals surface area (Å²) >= 11 is 0. The van der Waals surface area contributed by atoms with E-state index in [1.54, 1.807) is 5.32 Å². The Kier molecular flexibility index (Phi) is 5.61. The molecule has 19 heavy (non-hydrogen) atoms. The number of halogens is 3. The zero-order valence-corrected chi connectivity index (χ0v) is 10.6. The number of alkyl carbamates (subject to hydrolysis) is 1. The first kappa shape index (κ1) is 17.5. The van der Waals surface area contributed by atoms with Crippen molar-refractivity contribution < 1.29 is 37.7 Å². The standard InChI is InChI=1S/C10H16F3NO5/c1-9(2,3)19-8(18)14-5(4-10(11,12)13)6(15)7(16)17/h5-6,15H,4H2,1-3H3,(H,14,18)(H,16,17). The maximum atomic E-state index is 12.2. The van der Waals surface area contributed by atoms with Gasteiger partial charge in [0.25, 0.3) is 0 Å². The van der Waals surface area contributed by atoms with Crippen LogP contribution in [-0.2, 0) is 9.53 Å². The van der Waals surface area contributed by atoms with Crippen LogP contribution in [0.4, 0.5) is 18.0 Å². The van der Waals surface area contributed by atoms with Crippen LogP contribution in [0.25, 0.3) is 0 Å². The molecule has 0 aromatic rings. The van der Waals surface area contributed by atoms with Crippen LogP contribution in [0, 0.1) is 0 Å². The minimum atomic E-state index is -4.74. The Hall–Kier alpha value is -1.51. The van der Waals surface area contributed by atoms with Gasteiger partial charge in [-0.15, -0.1) is 0 Å². The number of amides is 1. The monoisotopic (exact) mass is 287 g/mol. The first-order chi connectivity index (χ1) is 8.32. The Morgan fingerprint density at radius 2 is 1.74 bits per heavy atom. The van der Waals surface area contributed by atoms with Crippen LogP contribution in [0.2, 0.25) is 0 Å². The Morgan fingerprint density at radius 1 is 1.26 bits per heavy atom. The molecular weight excluding hydrogens is 271 g/mol. The lowest BCUT2D eigenvalue weighted by Gasteiger charge is -2.25. The van der Waals surface area contributed by atoms with E-state index in [9.17, 15) is 22.8 Å². The van der Waals surface area contributed by atoms with Crippen LogP contribution in [0.1, 0.15) is 27.2 Å². The Labute approximate surface area is 107 Å². The van der Waals surface area contributed by atoms with E-state index in [4.69, 9.17) is 14.9 Å². The Morgan fingerprint density at radius 3 is 2.05 bits per heavy atom. The van der Waals surface area contributed by atoms with E-state index in [2.05, 4.69) is 0 Å². The van der Waals surface area contributed by atoms with Crippen LogP contribution in [0.5, 0.6) is 0 Å². The van der Waals surface area contributed by atoms with Gasteiger partial charge in [0.2, 0.25) is 0 Å². The topological polar surface area (TPSA) is 95.9 Å². The molecule has 9 heteroatoms. The summed E-state index contributed by atoms with van der Waals surface area (Å²) in [7, 11) is 0. The van der Waals surface area contributed by atoms with Crippen LogP contribution in [-0.4, -0.2) is 46.2 Å². The number of aliphatic hydroxyl groups excluding tert-OH is 1. The van der Waals surface area contributed by atoms with E-state index in [1.165, 1.54) is 20.8 Å². The van der Waals surface area contributed by atoms with Crippen molar-refractivity contribution >= 4 is 12.1 Å². The summed E-state index contributed by atoms with van der Waals surface area (Å²) in [6.45, 7) is 4.46. The average Bonchev–Trinajstić information content (AvgIpc) is 2.09. The largest absolute Gasteiger partial charge is 0.479 e. The summed E-state index contributed by atoms with van der Waals surface area (Å²) in [5.74, 6) is -1.87. The van der Waals surface area contributed by atoms with Crippen LogP contribution >= 0.6 is 0 Å². The molecule has 0 radical (unpaired) electrons. The number of aliphatic hydroxyl groups is 1. The fourth-order valence-corrected chi connectivity index (χ4v) is 1.12. The van der Waals surface area contributed by atoms with Crippen molar-refractivity contribution in [2.24, 2.45) is 0 Å². The Bertz CT molecular complexity index is 337. The number of hydrogen-bond donors (Lipinski definition) is 3. The molecule has 0 saturated carbocycles. The zero-order valence-electron chi connectivity index (χ0n) is 10.6. The second-order valence-corrected chi connectivity index (χ2v) is 4.86. The maximum absolute atomic E-state index is 12.2. The normalized spacial score (nSPS) is 15.5.